The van der Waals surface area contributed by atoms with E-state index in [2.05, 4.69) is 22.9 Å². The van der Waals surface area contributed by atoms with Gasteiger partial charge in [-0.2, -0.15) is 0 Å². The van der Waals surface area contributed by atoms with E-state index in [-0.39, 0.29) is 0 Å². The molecule has 0 unspecified atom stereocenters. The Balaban J connectivity index is 2.07. The maximum absolute atomic E-state index is 5.95. The Kier molecular flexibility index (Phi) is 3.95. The first-order chi connectivity index (χ1) is 10.1. The second-order valence-corrected chi connectivity index (χ2v) is 6.14. The fourth-order valence-electron chi connectivity index (χ4n) is 2.15. The Labute approximate surface area is 133 Å². The van der Waals surface area contributed by atoms with Crippen LogP contribution in [0.4, 0.5) is 5.69 Å². The van der Waals surface area contributed by atoms with Gasteiger partial charge in [-0.1, -0.05) is 41.9 Å². The smallest absolute Gasteiger partial charge is 0.190 e. The van der Waals surface area contributed by atoms with E-state index in [0.29, 0.717) is 0 Å². The lowest BCUT2D eigenvalue weighted by atomic mass is 10.2. The van der Waals surface area contributed by atoms with Gasteiger partial charge in [-0.3, -0.25) is 0 Å². The summed E-state index contributed by atoms with van der Waals surface area (Å²) in [6, 6.07) is 16.0. The van der Waals surface area contributed by atoms with Gasteiger partial charge >= 0.3 is 0 Å². The standard InChI is InChI=1S/C17H15ClN2S/c1-12-5-3-4-6-15(12)19-17-20(2)16(11-21-17)13-7-9-14(18)10-8-13/h3-11H,1-2H3. The normalized spacial score (nSPS) is 11.9. The monoisotopic (exact) mass is 314 g/mol. The van der Waals surface area contributed by atoms with Crippen LogP contribution in [0.2, 0.25) is 5.02 Å². The van der Waals surface area contributed by atoms with E-state index in [1.165, 1.54) is 5.56 Å². The molecule has 3 rings (SSSR count). The summed E-state index contributed by atoms with van der Waals surface area (Å²) in [6.07, 6.45) is 0. The van der Waals surface area contributed by atoms with Gasteiger partial charge in [0.2, 0.25) is 0 Å². The van der Waals surface area contributed by atoms with Crippen molar-refractivity contribution in [3.63, 3.8) is 0 Å². The topological polar surface area (TPSA) is 17.3 Å². The van der Waals surface area contributed by atoms with Crippen molar-refractivity contribution in [2.75, 3.05) is 0 Å². The highest BCUT2D eigenvalue weighted by Crippen LogP contribution is 2.22. The molecule has 0 aliphatic heterocycles. The zero-order chi connectivity index (χ0) is 14.8. The number of hydrogen-bond donors (Lipinski definition) is 0. The van der Waals surface area contributed by atoms with E-state index < -0.39 is 0 Å². The molecule has 21 heavy (non-hydrogen) atoms. The second-order valence-electron chi connectivity index (χ2n) is 4.87. The van der Waals surface area contributed by atoms with E-state index >= 15 is 0 Å². The summed E-state index contributed by atoms with van der Waals surface area (Å²) in [5.74, 6) is 0. The summed E-state index contributed by atoms with van der Waals surface area (Å²) in [4.78, 5) is 5.74. The van der Waals surface area contributed by atoms with Gasteiger partial charge in [-0.15, -0.1) is 11.3 Å². The van der Waals surface area contributed by atoms with Crippen molar-refractivity contribution in [3.05, 3.63) is 69.3 Å². The van der Waals surface area contributed by atoms with Gasteiger partial charge < -0.3 is 4.57 Å². The van der Waals surface area contributed by atoms with Crippen LogP contribution in [0.1, 0.15) is 5.56 Å². The fourth-order valence-corrected chi connectivity index (χ4v) is 3.19. The Morgan fingerprint density at radius 3 is 2.48 bits per heavy atom. The Morgan fingerprint density at radius 2 is 1.76 bits per heavy atom. The largest absolute Gasteiger partial charge is 0.320 e. The van der Waals surface area contributed by atoms with Gasteiger partial charge in [0.05, 0.1) is 11.4 Å². The molecule has 4 heteroatoms. The minimum absolute atomic E-state index is 0.751. The van der Waals surface area contributed by atoms with Crippen LogP contribution in [-0.4, -0.2) is 4.57 Å². The summed E-state index contributed by atoms with van der Waals surface area (Å²) in [7, 11) is 2.04. The number of benzene rings is 2. The number of aryl methyl sites for hydroxylation is 1. The zero-order valence-corrected chi connectivity index (χ0v) is 13.4. The first-order valence-corrected chi connectivity index (χ1v) is 7.92. The molecule has 0 atom stereocenters. The minimum Gasteiger partial charge on any atom is -0.320 e. The van der Waals surface area contributed by atoms with Crippen molar-refractivity contribution in [2.45, 2.75) is 6.92 Å². The number of thiazole rings is 1. The molecule has 3 aromatic rings. The van der Waals surface area contributed by atoms with Crippen molar-refractivity contribution < 1.29 is 0 Å². The molecule has 2 aromatic carbocycles. The molecule has 0 amide bonds. The molecule has 2 nitrogen and oxygen atoms in total. The molecule has 1 heterocycles. The number of aromatic nitrogens is 1. The first-order valence-electron chi connectivity index (χ1n) is 6.66. The highest BCUT2D eigenvalue weighted by Gasteiger charge is 2.05. The number of rotatable bonds is 2. The van der Waals surface area contributed by atoms with Crippen molar-refractivity contribution in [1.82, 2.24) is 4.57 Å². The van der Waals surface area contributed by atoms with Crippen molar-refractivity contribution in [3.8, 4) is 11.3 Å². The molecule has 106 valence electrons. The number of para-hydroxylation sites is 1. The average Bonchev–Trinajstić information content (AvgIpc) is 2.84. The summed E-state index contributed by atoms with van der Waals surface area (Å²) in [5.41, 5.74) is 4.48. The van der Waals surface area contributed by atoms with Gasteiger partial charge in [-0.05, 0) is 36.2 Å². The van der Waals surface area contributed by atoms with Gasteiger partial charge in [0, 0.05) is 17.5 Å². The third-order valence-corrected chi connectivity index (χ3v) is 4.56. The van der Waals surface area contributed by atoms with Crippen LogP contribution >= 0.6 is 22.9 Å². The van der Waals surface area contributed by atoms with Gasteiger partial charge in [0.25, 0.3) is 0 Å². The molecule has 0 bridgehead atoms. The molecule has 0 saturated carbocycles. The molecular weight excluding hydrogens is 300 g/mol. The maximum atomic E-state index is 5.95. The predicted octanol–water partition coefficient (Wildman–Crippen LogP) is 4.95. The lowest BCUT2D eigenvalue weighted by Crippen LogP contribution is -2.10. The molecule has 1 aromatic heterocycles. The van der Waals surface area contributed by atoms with Crippen LogP contribution in [-0.2, 0) is 7.05 Å². The SMILES string of the molecule is Cc1ccccc1N=c1scc(-c2ccc(Cl)cc2)n1C. The van der Waals surface area contributed by atoms with Crippen molar-refractivity contribution >= 4 is 28.6 Å². The third-order valence-electron chi connectivity index (χ3n) is 3.40. The van der Waals surface area contributed by atoms with Crippen LogP contribution in [0.3, 0.4) is 0 Å². The quantitative estimate of drug-likeness (QED) is 0.637. The summed E-state index contributed by atoms with van der Waals surface area (Å²) < 4.78 is 2.11. The van der Waals surface area contributed by atoms with Crippen LogP contribution in [0.15, 0.2) is 58.9 Å². The predicted molar refractivity (Wildman–Crippen MR) is 90.1 cm³/mol. The molecule has 0 saturated heterocycles. The zero-order valence-electron chi connectivity index (χ0n) is 11.9. The maximum Gasteiger partial charge on any atom is 0.190 e. The molecule has 0 aliphatic carbocycles. The van der Waals surface area contributed by atoms with Crippen LogP contribution in [0, 0.1) is 6.92 Å². The lowest BCUT2D eigenvalue weighted by Gasteiger charge is -2.03. The highest BCUT2D eigenvalue weighted by molar-refractivity contribution is 7.07. The van der Waals surface area contributed by atoms with Gasteiger partial charge in [0.1, 0.15) is 0 Å². The molecule has 0 radical (unpaired) electrons. The fraction of sp³-hybridized carbons (Fsp3) is 0.118. The molecule has 0 spiro atoms. The Bertz CT molecular complexity index is 828. The molecule has 0 aliphatic rings. The van der Waals surface area contributed by atoms with Crippen LogP contribution < -0.4 is 4.80 Å². The first kappa shape index (κ1) is 14.1. The van der Waals surface area contributed by atoms with Crippen molar-refractivity contribution in [1.29, 1.82) is 0 Å². The van der Waals surface area contributed by atoms with Gasteiger partial charge in [0.15, 0.2) is 4.80 Å². The number of nitrogens with zero attached hydrogens (tertiary/aromatic N) is 2. The van der Waals surface area contributed by atoms with Crippen molar-refractivity contribution in [2.24, 2.45) is 12.0 Å². The molecular formula is C17H15ClN2S. The number of halogens is 1. The van der Waals surface area contributed by atoms with E-state index in [9.17, 15) is 0 Å². The van der Waals surface area contributed by atoms with Crippen LogP contribution in [0.5, 0.6) is 0 Å². The Hall–Kier alpha value is -1.84. The minimum atomic E-state index is 0.751. The summed E-state index contributed by atoms with van der Waals surface area (Å²) in [6.45, 7) is 2.08. The van der Waals surface area contributed by atoms with E-state index in [4.69, 9.17) is 16.6 Å². The number of hydrogen-bond acceptors (Lipinski definition) is 2. The molecule has 0 N–H and O–H groups in total. The van der Waals surface area contributed by atoms with Crippen LogP contribution in [0.25, 0.3) is 11.3 Å². The average molecular weight is 315 g/mol. The second kappa shape index (κ2) is 5.88. The lowest BCUT2D eigenvalue weighted by molar-refractivity contribution is 0.882. The van der Waals surface area contributed by atoms with E-state index in [1.807, 2.05) is 49.5 Å². The molecule has 0 fully saturated rings. The van der Waals surface area contributed by atoms with Gasteiger partial charge in [-0.25, -0.2) is 4.99 Å². The summed E-state index contributed by atoms with van der Waals surface area (Å²) in [5, 5.41) is 2.88. The van der Waals surface area contributed by atoms with E-state index in [1.54, 1.807) is 11.3 Å². The Morgan fingerprint density at radius 1 is 1.05 bits per heavy atom. The highest BCUT2D eigenvalue weighted by atomic mass is 35.5. The third kappa shape index (κ3) is 2.94. The summed E-state index contributed by atoms with van der Waals surface area (Å²) >= 11 is 7.59. The van der Waals surface area contributed by atoms with E-state index in [0.717, 1.165) is 26.8 Å².